The average molecular weight is 400 g/mol. The summed E-state index contributed by atoms with van der Waals surface area (Å²) in [5, 5.41) is 0. The van der Waals surface area contributed by atoms with Crippen molar-refractivity contribution in [3.63, 3.8) is 0 Å². The molecule has 0 radical (unpaired) electrons. The van der Waals surface area contributed by atoms with Crippen LogP contribution in [0.2, 0.25) is 16.6 Å². The zero-order valence-electron chi connectivity index (χ0n) is 12.8. The molecule has 0 saturated heterocycles. The van der Waals surface area contributed by atoms with Crippen LogP contribution in [-0.2, 0) is 4.43 Å². The normalized spacial score (nSPS) is 14.4. The molecule has 0 saturated carbocycles. The second kappa shape index (κ2) is 8.23. The molecule has 1 nitrogen and oxygen atoms in total. The van der Waals surface area contributed by atoms with Crippen LogP contribution in [0.4, 0.5) is 0 Å². The van der Waals surface area contributed by atoms with Gasteiger partial charge >= 0.3 is 0 Å². The number of hydrogen-bond acceptors (Lipinski definition) is 1. The lowest BCUT2D eigenvalue weighted by molar-refractivity contribution is 0.250. The molecular weight excluding hydrogens is 372 g/mol. The Bertz CT molecular complexity index is 249. The van der Waals surface area contributed by atoms with Crippen molar-refractivity contribution in [3.8, 4) is 0 Å². The molecule has 0 N–H and O–H groups in total. The summed E-state index contributed by atoms with van der Waals surface area (Å²) in [6, 6.07) is 0. The van der Waals surface area contributed by atoms with Crippen molar-refractivity contribution in [2.24, 2.45) is 5.92 Å². The van der Waals surface area contributed by atoms with Crippen LogP contribution in [0.25, 0.3) is 0 Å². The van der Waals surface area contributed by atoms with Gasteiger partial charge in [-0.25, -0.2) is 0 Å². The molecule has 4 heteroatoms. The topological polar surface area (TPSA) is 9.23 Å². The van der Waals surface area contributed by atoms with E-state index in [2.05, 4.69) is 86.4 Å². The fraction of sp³-hybridized carbons (Fsp3) is 0.857. The highest BCUT2D eigenvalue weighted by molar-refractivity contribution is 9.28. The molecule has 0 aliphatic rings. The van der Waals surface area contributed by atoms with Crippen molar-refractivity contribution in [3.05, 3.63) is 9.47 Å². The van der Waals surface area contributed by atoms with Crippen LogP contribution in [0.1, 0.15) is 48.5 Å². The molecule has 0 unspecified atom stereocenters. The van der Waals surface area contributed by atoms with Crippen LogP contribution in [0.5, 0.6) is 0 Å². The summed E-state index contributed by atoms with van der Waals surface area (Å²) in [5.41, 5.74) is 1.96. The maximum absolute atomic E-state index is 6.53. The van der Waals surface area contributed by atoms with Crippen molar-refractivity contribution in [2.45, 2.75) is 65.1 Å². The third kappa shape index (κ3) is 5.10. The number of rotatable bonds is 7. The highest BCUT2D eigenvalue weighted by Gasteiger charge is 2.45. The molecule has 0 spiro atoms. The van der Waals surface area contributed by atoms with Gasteiger partial charge in [-0.2, -0.15) is 0 Å². The zero-order chi connectivity index (χ0) is 14.5. The van der Waals surface area contributed by atoms with E-state index in [-0.39, 0.29) is 0 Å². The highest BCUT2D eigenvalue weighted by Crippen LogP contribution is 2.42. The van der Waals surface area contributed by atoms with Crippen LogP contribution in [0.3, 0.4) is 0 Å². The molecule has 1 atom stereocenters. The lowest BCUT2D eigenvalue weighted by atomic mass is 10.2. The molecule has 0 amide bonds. The van der Waals surface area contributed by atoms with E-state index in [9.17, 15) is 0 Å². The summed E-state index contributed by atoms with van der Waals surface area (Å²) in [5.74, 6) is 0.432. The van der Waals surface area contributed by atoms with E-state index in [0.717, 1.165) is 10.00 Å². The smallest absolute Gasteiger partial charge is 0.200 e. The molecule has 0 rings (SSSR count). The maximum atomic E-state index is 6.53. The molecule has 0 aromatic heterocycles. The molecule has 0 heterocycles. The Labute approximate surface area is 131 Å². The van der Waals surface area contributed by atoms with Gasteiger partial charge in [0.1, 0.15) is 0 Å². The van der Waals surface area contributed by atoms with Gasteiger partial charge in [0.15, 0.2) is 8.32 Å². The highest BCUT2D eigenvalue weighted by atomic mass is 79.9. The van der Waals surface area contributed by atoms with Gasteiger partial charge in [-0.15, -0.1) is 0 Å². The average Bonchev–Trinajstić information content (AvgIpc) is 2.15. The summed E-state index contributed by atoms with van der Waals surface area (Å²) in [6.45, 7) is 17.0. The monoisotopic (exact) mass is 398 g/mol. The maximum Gasteiger partial charge on any atom is 0.200 e. The van der Waals surface area contributed by atoms with E-state index < -0.39 is 8.32 Å². The second-order valence-corrected chi connectivity index (χ2v) is 14.3. The number of hydrogen-bond donors (Lipinski definition) is 0. The molecule has 108 valence electrons. The summed E-state index contributed by atoms with van der Waals surface area (Å²) < 4.78 is 7.54. The summed E-state index contributed by atoms with van der Waals surface area (Å²) in [4.78, 5) is 0. The molecule has 18 heavy (non-hydrogen) atoms. The Hall–Kier alpha value is 0.877. The van der Waals surface area contributed by atoms with Crippen LogP contribution in [0.15, 0.2) is 9.47 Å². The first-order chi connectivity index (χ1) is 8.14. The fourth-order valence-corrected chi connectivity index (χ4v) is 9.49. The van der Waals surface area contributed by atoms with Gasteiger partial charge < -0.3 is 4.43 Å². The second-order valence-electron chi connectivity index (χ2n) is 6.06. The minimum Gasteiger partial charge on any atom is -0.415 e. The first-order valence-corrected chi connectivity index (χ1v) is 10.5. The number of halogens is 2. The molecule has 0 aromatic rings. The van der Waals surface area contributed by atoms with Crippen LogP contribution in [0, 0.1) is 5.92 Å². The van der Waals surface area contributed by atoms with E-state index in [4.69, 9.17) is 4.43 Å². The Morgan fingerprint density at radius 1 is 0.944 bits per heavy atom. The summed E-state index contributed by atoms with van der Waals surface area (Å²) in [6.07, 6.45) is 2.15. The van der Waals surface area contributed by atoms with Gasteiger partial charge in [0.05, 0.1) is 3.39 Å². The van der Waals surface area contributed by atoms with E-state index in [1.165, 1.54) is 0 Å². The first-order valence-electron chi connectivity index (χ1n) is 6.81. The predicted octanol–water partition coefficient (Wildman–Crippen LogP) is 6.45. The van der Waals surface area contributed by atoms with Gasteiger partial charge in [-0.3, -0.25) is 0 Å². The van der Waals surface area contributed by atoms with E-state index in [0.29, 0.717) is 22.5 Å². The Kier molecular flexibility index (Phi) is 8.63. The molecule has 0 aromatic carbocycles. The predicted molar refractivity (Wildman–Crippen MR) is 92.1 cm³/mol. The Balaban J connectivity index is 4.87. The SMILES string of the molecule is CC(C)[Si](OC[C@H](C)C=C(Br)Br)(C(C)C)C(C)C. The zero-order valence-corrected chi connectivity index (χ0v) is 16.9. The van der Waals surface area contributed by atoms with Gasteiger partial charge in [-0.05, 0) is 54.4 Å². The fourth-order valence-electron chi connectivity index (χ4n) is 3.04. The molecular formula is C14H28Br2OSi. The third-order valence-corrected chi connectivity index (χ3v) is 10.3. The minimum atomic E-state index is -1.70. The van der Waals surface area contributed by atoms with E-state index in [1.807, 2.05) is 0 Å². The summed E-state index contributed by atoms with van der Waals surface area (Å²) >= 11 is 6.83. The Morgan fingerprint density at radius 2 is 1.33 bits per heavy atom. The molecule has 0 aliphatic carbocycles. The van der Waals surface area contributed by atoms with E-state index in [1.54, 1.807) is 0 Å². The lowest BCUT2D eigenvalue weighted by Crippen LogP contribution is -2.48. The van der Waals surface area contributed by atoms with Crippen LogP contribution < -0.4 is 0 Å². The van der Waals surface area contributed by atoms with Crippen LogP contribution >= 0.6 is 31.9 Å². The van der Waals surface area contributed by atoms with Crippen molar-refractivity contribution < 1.29 is 4.43 Å². The third-order valence-electron chi connectivity index (χ3n) is 3.71. The summed E-state index contributed by atoms with van der Waals surface area (Å²) in [7, 11) is -1.70. The van der Waals surface area contributed by atoms with Gasteiger partial charge in [-0.1, -0.05) is 54.5 Å². The lowest BCUT2D eigenvalue weighted by Gasteiger charge is -2.42. The van der Waals surface area contributed by atoms with Crippen LogP contribution in [-0.4, -0.2) is 14.9 Å². The molecule has 0 fully saturated rings. The first kappa shape index (κ1) is 18.9. The van der Waals surface area contributed by atoms with Crippen molar-refractivity contribution in [1.29, 1.82) is 0 Å². The minimum absolute atomic E-state index is 0.432. The van der Waals surface area contributed by atoms with Crippen molar-refractivity contribution in [1.82, 2.24) is 0 Å². The van der Waals surface area contributed by atoms with Crippen molar-refractivity contribution in [2.75, 3.05) is 6.61 Å². The Morgan fingerprint density at radius 3 is 1.61 bits per heavy atom. The van der Waals surface area contributed by atoms with Gasteiger partial charge in [0, 0.05) is 6.61 Å². The molecule has 0 aliphatic heterocycles. The standard InChI is InChI=1S/C14H28Br2OSi/c1-10(2)18(11(3)4,12(5)6)17-9-13(7)8-14(15)16/h8,10-13H,9H2,1-7H3/t13-/m1/s1. The van der Waals surface area contributed by atoms with Gasteiger partial charge in [0.25, 0.3) is 0 Å². The quantitative estimate of drug-likeness (QED) is 0.447. The van der Waals surface area contributed by atoms with Gasteiger partial charge in [0.2, 0.25) is 0 Å². The molecule has 0 bridgehead atoms. The largest absolute Gasteiger partial charge is 0.415 e. The van der Waals surface area contributed by atoms with E-state index >= 15 is 0 Å². The van der Waals surface area contributed by atoms with Crippen molar-refractivity contribution >= 4 is 40.2 Å².